The van der Waals surface area contributed by atoms with E-state index in [1.165, 1.54) is 12.1 Å². The van der Waals surface area contributed by atoms with Crippen molar-refractivity contribution in [2.24, 2.45) is 0 Å². The summed E-state index contributed by atoms with van der Waals surface area (Å²) < 4.78 is 34.7. The van der Waals surface area contributed by atoms with Crippen LogP contribution in [0.25, 0.3) is 0 Å². The molecule has 2 heterocycles. The van der Waals surface area contributed by atoms with Gasteiger partial charge >= 0.3 is 0 Å². The summed E-state index contributed by atoms with van der Waals surface area (Å²) in [6.07, 6.45) is 2.31. The van der Waals surface area contributed by atoms with Crippen LogP contribution in [0.15, 0.2) is 54.7 Å². The van der Waals surface area contributed by atoms with E-state index in [1.807, 2.05) is 41.2 Å². The molecule has 0 unspecified atom stereocenters. The van der Waals surface area contributed by atoms with E-state index in [-0.39, 0.29) is 12.1 Å². The smallest absolute Gasteiger partial charge is 0.254 e. The van der Waals surface area contributed by atoms with Gasteiger partial charge in [-0.3, -0.25) is 9.48 Å². The fourth-order valence-electron chi connectivity index (χ4n) is 3.30. The van der Waals surface area contributed by atoms with Crippen molar-refractivity contribution < 1.29 is 18.3 Å². The molecular weight excluding hydrogens is 364 g/mol. The van der Waals surface area contributed by atoms with Crippen molar-refractivity contribution in [1.29, 1.82) is 0 Å². The molecule has 0 radical (unpaired) electrons. The van der Waals surface area contributed by atoms with Crippen LogP contribution < -0.4 is 5.32 Å². The van der Waals surface area contributed by atoms with Crippen molar-refractivity contribution in [3.8, 4) is 0 Å². The Morgan fingerprint density at radius 3 is 2.82 bits per heavy atom. The number of halogens is 2. The van der Waals surface area contributed by atoms with Crippen LogP contribution in [0.1, 0.15) is 33.3 Å². The van der Waals surface area contributed by atoms with Gasteiger partial charge in [0.05, 0.1) is 24.4 Å². The number of carbonyl (C=O) groups is 1. The molecule has 1 aromatic heterocycles. The number of benzene rings is 2. The summed E-state index contributed by atoms with van der Waals surface area (Å²) >= 11 is 0. The van der Waals surface area contributed by atoms with Gasteiger partial charge in [-0.15, -0.1) is 0 Å². The molecule has 4 rings (SSSR count). The molecular formula is C21H19F2N3O2. The molecule has 144 valence electrons. The van der Waals surface area contributed by atoms with Gasteiger partial charge in [0.25, 0.3) is 5.91 Å². The van der Waals surface area contributed by atoms with Gasteiger partial charge in [-0.2, -0.15) is 5.10 Å². The highest BCUT2D eigenvalue weighted by molar-refractivity contribution is 5.94. The van der Waals surface area contributed by atoms with Crippen LogP contribution in [-0.2, 0) is 17.7 Å². The number of rotatable bonds is 5. The summed E-state index contributed by atoms with van der Waals surface area (Å²) in [5.41, 5.74) is 2.64. The van der Waals surface area contributed by atoms with Crippen molar-refractivity contribution >= 4 is 5.91 Å². The lowest BCUT2D eigenvalue weighted by Gasteiger charge is -2.22. The molecule has 3 aromatic rings. The third-order valence-corrected chi connectivity index (χ3v) is 4.70. The van der Waals surface area contributed by atoms with Crippen molar-refractivity contribution in [3.05, 3.63) is 88.7 Å². The highest BCUT2D eigenvalue weighted by atomic mass is 19.2. The standard InChI is InChI=1S/C21H19F2N3O2/c22-17-8-4-7-16(19(17)23)21(27)24-11-18-20-15(9-10-28-18)13-26(25-20)12-14-5-2-1-3-6-14/h1-8,13,18H,9-12H2,(H,24,27)/t18-/m0/s1. The Morgan fingerprint density at radius 1 is 1.18 bits per heavy atom. The highest BCUT2D eigenvalue weighted by Gasteiger charge is 2.26. The number of nitrogens with one attached hydrogen (secondary N) is 1. The number of nitrogens with zero attached hydrogens (tertiary/aromatic N) is 2. The van der Waals surface area contributed by atoms with E-state index in [4.69, 9.17) is 4.74 Å². The Kier molecular flexibility index (Phi) is 5.16. The zero-order valence-electron chi connectivity index (χ0n) is 15.1. The predicted molar refractivity (Wildman–Crippen MR) is 98.9 cm³/mol. The van der Waals surface area contributed by atoms with Gasteiger partial charge in [-0.05, 0) is 29.7 Å². The summed E-state index contributed by atoms with van der Waals surface area (Å²) in [6.45, 7) is 1.28. The molecule has 0 bridgehead atoms. The number of ether oxygens (including phenoxy) is 1. The number of carbonyl (C=O) groups excluding carboxylic acids is 1. The van der Waals surface area contributed by atoms with Gasteiger partial charge in [-0.1, -0.05) is 36.4 Å². The first-order valence-corrected chi connectivity index (χ1v) is 9.06. The lowest BCUT2D eigenvalue weighted by atomic mass is 10.1. The Morgan fingerprint density at radius 2 is 2.00 bits per heavy atom. The Bertz CT molecular complexity index is 989. The van der Waals surface area contributed by atoms with Gasteiger partial charge in [0.15, 0.2) is 11.6 Å². The first kappa shape index (κ1) is 18.3. The maximum atomic E-state index is 13.8. The fraction of sp³-hybridized carbons (Fsp3) is 0.238. The largest absolute Gasteiger partial charge is 0.370 e. The topological polar surface area (TPSA) is 56.1 Å². The van der Waals surface area contributed by atoms with Crippen molar-refractivity contribution in [2.45, 2.75) is 19.1 Å². The Hall–Kier alpha value is -3.06. The summed E-state index contributed by atoms with van der Waals surface area (Å²) in [4.78, 5) is 12.2. The number of hydrogen-bond acceptors (Lipinski definition) is 3. The van der Waals surface area contributed by atoms with E-state index in [9.17, 15) is 13.6 Å². The summed E-state index contributed by atoms with van der Waals surface area (Å²) in [7, 11) is 0. The minimum Gasteiger partial charge on any atom is -0.370 e. The molecule has 1 N–H and O–H groups in total. The number of fused-ring (bicyclic) bond motifs is 1. The molecule has 5 nitrogen and oxygen atoms in total. The summed E-state index contributed by atoms with van der Waals surface area (Å²) in [5, 5.41) is 7.23. The monoisotopic (exact) mass is 383 g/mol. The van der Waals surface area contributed by atoms with Crippen LogP contribution in [0.4, 0.5) is 8.78 Å². The van der Waals surface area contributed by atoms with Crippen LogP contribution in [0.2, 0.25) is 0 Å². The normalized spacial score (nSPS) is 15.9. The molecule has 0 spiro atoms. The summed E-state index contributed by atoms with van der Waals surface area (Å²) in [5.74, 6) is -2.89. The average molecular weight is 383 g/mol. The van der Waals surface area contributed by atoms with Crippen molar-refractivity contribution in [1.82, 2.24) is 15.1 Å². The third-order valence-electron chi connectivity index (χ3n) is 4.70. The lowest BCUT2D eigenvalue weighted by Crippen LogP contribution is -2.32. The van der Waals surface area contributed by atoms with Gasteiger partial charge in [-0.25, -0.2) is 8.78 Å². The first-order chi connectivity index (χ1) is 13.6. The fourth-order valence-corrected chi connectivity index (χ4v) is 3.30. The second-order valence-electron chi connectivity index (χ2n) is 6.64. The van der Waals surface area contributed by atoms with Crippen LogP contribution in [-0.4, -0.2) is 28.8 Å². The molecule has 1 amide bonds. The second-order valence-corrected chi connectivity index (χ2v) is 6.64. The molecule has 1 aliphatic heterocycles. The van der Waals surface area contributed by atoms with Gasteiger partial charge < -0.3 is 10.1 Å². The Balaban J connectivity index is 1.46. The predicted octanol–water partition coefficient (Wildman–Crippen LogP) is 3.25. The van der Waals surface area contributed by atoms with Crippen LogP contribution >= 0.6 is 0 Å². The second kappa shape index (κ2) is 7.90. The van der Waals surface area contributed by atoms with Gasteiger partial charge in [0, 0.05) is 12.7 Å². The van der Waals surface area contributed by atoms with Gasteiger partial charge in [0.1, 0.15) is 6.10 Å². The van der Waals surface area contributed by atoms with Crippen LogP contribution in [0, 0.1) is 11.6 Å². The van der Waals surface area contributed by atoms with E-state index >= 15 is 0 Å². The minimum atomic E-state index is -1.16. The van der Waals surface area contributed by atoms with Crippen molar-refractivity contribution in [2.75, 3.05) is 13.2 Å². The molecule has 0 saturated heterocycles. The molecule has 0 saturated carbocycles. The molecule has 1 aliphatic rings. The molecule has 0 aliphatic carbocycles. The average Bonchev–Trinajstić information content (AvgIpc) is 3.12. The van der Waals surface area contributed by atoms with E-state index in [0.29, 0.717) is 13.2 Å². The van der Waals surface area contributed by atoms with E-state index in [1.54, 1.807) is 0 Å². The highest BCUT2D eigenvalue weighted by Crippen LogP contribution is 2.25. The maximum Gasteiger partial charge on any atom is 0.254 e. The number of amides is 1. The van der Waals surface area contributed by atoms with E-state index in [0.717, 1.165) is 29.3 Å². The molecule has 28 heavy (non-hydrogen) atoms. The SMILES string of the molecule is O=C(NC[C@@H]1OCCc2cn(Cc3ccccc3)nc21)c1cccc(F)c1F. The first-order valence-electron chi connectivity index (χ1n) is 9.06. The van der Waals surface area contributed by atoms with Crippen LogP contribution in [0.5, 0.6) is 0 Å². The molecule has 1 atom stereocenters. The van der Waals surface area contributed by atoms with Crippen LogP contribution in [0.3, 0.4) is 0 Å². The zero-order valence-corrected chi connectivity index (χ0v) is 15.1. The quantitative estimate of drug-likeness (QED) is 0.736. The minimum absolute atomic E-state index is 0.129. The van der Waals surface area contributed by atoms with E-state index < -0.39 is 23.6 Å². The Labute approximate surface area is 160 Å². The van der Waals surface area contributed by atoms with E-state index in [2.05, 4.69) is 10.4 Å². The van der Waals surface area contributed by atoms with Gasteiger partial charge in [0.2, 0.25) is 0 Å². The van der Waals surface area contributed by atoms with Crippen molar-refractivity contribution in [3.63, 3.8) is 0 Å². The zero-order chi connectivity index (χ0) is 19.5. The lowest BCUT2D eigenvalue weighted by molar-refractivity contribution is 0.0383. The summed E-state index contributed by atoms with van der Waals surface area (Å²) in [6, 6.07) is 13.5. The number of aromatic nitrogens is 2. The molecule has 7 heteroatoms. The molecule has 2 aromatic carbocycles. The molecule has 0 fully saturated rings. The third kappa shape index (κ3) is 3.80. The number of hydrogen-bond donors (Lipinski definition) is 1. The maximum absolute atomic E-state index is 13.8.